The van der Waals surface area contributed by atoms with Gasteiger partial charge in [0.2, 0.25) is 5.91 Å². The Balaban J connectivity index is 1.92. The molecule has 2 N–H and O–H groups in total. The zero-order chi connectivity index (χ0) is 13.7. The quantitative estimate of drug-likeness (QED) is 0.872. The van der Waals surface area contributed by atoms with Crippen LogP contribution < -0.4 is 15.5 Å². The molecule has 1 aliphatic rings. The van der Waals surface area contributed by atoms with Crippen molar-refractivity contribution in [1.29, 1.82) is 0 Å². The summed E-state index contributed by atoms with van der Waals surface area (Å²) in [4.78, 5) is 13.9. The third-order valence-corrected chi connectivity index (χ3v) is 3.64. The SMILES string of the molecule is CNCC(=O)Nc1ccc(N2CCC(C)CC2)cc1. The van der Waals surface area contributed by atoms with Crippen LogP contribution in [-0.2, 0) is 4.79 Å². The Bertz CT molecular complexity index is 408. The number of piperidine rings is 1. The number of benzene rings is 1. The second kappa shape index (κ2) is 6.57. The van der Waals surface area contributed by atoms with E-state index in [1.54, 1.807) is 7.05 Å². The number of nitrogens with zero attached hydrogens (tertiary/aromatic N) is 1. The van der Waals surface area contributed by atoms with E-state index in [9.17, 15) is 4.79 Å². The average Bonchev–Trinajstić information content (AvgIpc) is 2.41. The molecule has 0 unspecified atom stereocenters. The Labute approximate surface area is 115 Å². The first-order valence-electron chi connectivity index (χ1n) is 6.98. The van der Waals surface area contributed by atoms with Crippen molar-refractivity contribution in [2.45, 2.75) is 19.8 Å². The molecule has 0 bridgehead atoms. The molecule has 1 aromatic carbocycles. The topological polar surface area (TPSA) is 44.4 Å². The number of rotatable bonds is 4. The number of carbonyl (C=O) groups excluding carboxylic acids is 1. The van der Waals surface area contributed by atoms with Gasteiger partial charge in [0.05, 0.1) is 6.54 Å². The summed E-state index contributed by atoms with van der Waals surface area (Å²) in [6.07, 6.45) is 2.53. The number of anilines is 2. The highest BCUT2D eigenvalue weighted by Gasteiger charge is 2.15. The lowest BCUT2D eigenvalue weighted by Gasteiger charge is -2.32. The van der Waals surface area contributed by atoms with E-state index in [1.165, 1.54) is 18.5 Å². The zero-order valence-electron chi connectivity index (χ0n) is 11.8. The van der Waals surface area contributed by atoms with E-state index in [0.717, 1.165) is 24.7 Å². The van der Waals surface area contributed by atoms with Crippen molar-refractivity contribution in [3.05, 3.63) is 24.3 Å². The Kier molecular flexibility index (Phi) is 4.80. The predicted molar refractivity (Wildman–Crippen MR) is 79.6 cm³/mol. The van der Waals surface area contributed by atoms with E-state index in [4.69, 9.17) is 0 Å². The summed E-state index contributed by atoms with van der Waals surface area (Å²) in [5, 5.41) is 5.69. The summed E-state index contributed by atoms with van der Waals surface area (Å²) in [7, 11) is 1.76. The second-order valence-corrected chi connectivity index (χ2v) is 5.29. The maximum absolute atomic E-state index is 11.5. The molecule has 0 saturated carbocycles. The van der Waals surface area contributed by atoms with Crippen molar-refractivity contribution in [2.24, 2.45) is 5.92 Å². The van der Waals surface area contributed by atoms with Crippen molar-refractivity contribution in [2.75, 3.05) is 36.9 Å². The highest BCUT2D eigenvalue weighted by molar-refractivity contribution is 5.92. The standard InChI is InChI=1S/C15H23N3O/c1-12-7-9-18(10-8-12)14-5-3-13(4-6-14)17-15(19)11-16-2/h3-6,12,16H,7-11H2,1-2H3,(H,17,19). The van der Waals surface area contributed by atoms with E-state index in [0.29, 0.717) is 6.54 Å². The molecule has 0 atom stereocenters. The van der Waals surface area contributed by atoms with Gasteiger partial charge < -0.3 is 15.5 Å². The third kappa shape index (κ3) is 3.96. The number of hydrogen-bond acceptors (Lipinski definition) is 3. The number of amides is 1. The van der Waals surface area contributed by atoms with Gasteiger partial charge in [0.15, 0.2) is 0 Å². The van der Waals surface area contributed by atoms with Gasteiger partial charge in [0.1, 0.15) is 0 Å². The molecule has 4 nitrogen and oxygen atoms in total. The third-order valence-electron chi connectivity index (χ3n) is 3.64. The van der Waals surface area contributed by atoms with Crippen LogP contribution >= 0.6 is 0 Å². The average molecular weight is 261 g/mol. The van der Waals surface area contributed by atoms with Crippen LogP contribution in [0.2, 0.25) is 0 Å². The van der Waals surface area contributed by atoms with Crippen LogP contribution in [0.15, 0.2) is 24.3 Å². The fraction of sp³-hybridized carbons (Fsp3) is 0.533. The summed E-state index contributed by atoms with van der Waals surface area (Å²) in [5.74, 6) is 0.832. The van der Waals surface area contributed by atoms with Crippen molar-refractivity contribution in [3.63, 3.8) is 0 Å². The summed E-state index contributed by atoms with van der Waals surface area (Å²) >= 11 is 0. The van der Waals surface area contributed by atoms with Gasteiger partial charge in [-0.2, -0.15) is 0 Å². The van der Waals surface area contributed by atoms with Crippen LogP contribution in [0.25, 0.3) is 0 Å². The van der Waals surface area contributed by atoms with Crippen molar-refractivity contribution in [1.82, 2.24) is 5.32 Å². The maximum atomic E-state index is 11.5. The number of likely N-dealkylation sites (N-methyl/N-ethyl adjacent to an activating group) is 1. The van der Waals surface area contributed by atoms with Gasteiger partial charge in [0.25, 0.3) is 0 Å². The maximum Gasteiger partial charge on any atom is 0.238 e. The molecule has 0 radical (unpaired) electrons. The molecule has 1 amide bonds. The normalized spacial score (nSPS) is 16.4. The first-order valence-corrected chi connectivity index (χ1v) is 6.98. The molecule has 1 saturated heterocycles. The van der Waals surface area contributed by atoms with Gasteiger partial charge in [0, 0.05) is 24.5 Å². The van der Waals surface area contributed by atoms with Crippen LogP contribution in [0.1, 0.15) is 19.8 Å². The molecule has 2 rings (SSSR count). The van der Waals surface area contributed by atoms with Gasteiger partial charge in [-0.05, 0) is 50.1 Å². The molecule has 1 heterocycles. The molecular weight excluding hydrogens is 238 g/mol. The van der Waals surface area contributed by atoms with Crippen molar-refractivity contribution >= 4 is 17.3 Å². The largest absolute Gasteiger partial charge is 0.372 e. The molecule has 104 valence electrons. The van der Waals surface area contributed by atoms with E-state index in [2.05, 4.69) is 34.6 Å². The monoisotopic (exact) mass is 261 g/mol. The minimum atomic E-state index is -0.0120. The van der Waals surface area contributed by atoms with Gasteiger partial charge in [-0.1, -0.05) is 6.92 Å². The van der Waals surface area contributed by atoms with E-state index < -0.39 is 0 Å². The van der Waals surface area contributed by atoms with Crippen LogP contribution in [0.5, 0.6) is 0 Å². The van der Waals surface area contributed by atoms with Crippen molar-refractivity contribution < 1.29 is 4.79 Å². The Hall–Kier alpha value is -1.55. The fourth-order valence-electron chi connectivity index (χ4n) is 2.39. The van der Waals surface area contributed by atoms with E-state index in [1.807, 2.05) is 12.1 Å². The summed E-state index contributed by atoms with van der Waals surface area (Å²) < 4.78 is 0. The van der Waals surface area contributed by atoms with Gasteiger partial charge >= 0.3 is 0 Å². The van der Waals surface area contributed by atoms with Crippen LogP contribution in [0.4, 0.5) is 11.4 Å². The van der Waals surface area contributed by atoms with Gasteiger partial charge in [-0.25, -0.2) is 0 Å². The van der Waals surface area contributed by atoms with Crippen LogP contribution in [-0.4, -0.2) is 32.6 Å². The van der Waals surface area contributed by atoms with Crippen LogP contribution in [0.3, 0.4) is 0 Å². The molecule has 1 aromatic rings. The molecular formula is C15H23N3O. The summed E-state index contributed by atoms with van der Waals surface area (Å²) in [6.45, 7) is 4.92. The number of nitrogens with one attached hydrogen (secondary N) is 2. The molecule has 0 aromatic heterocycles. The van der Waals surface area contributed by atoms with Crippen molar-refractivity contribution in [3.8, 4) is 0 Å². The van der Waals surface area contributed by atoms with E-state index >= 15 is 0 Å². The minimum Gasteiger partial charge on any atom is -0.372 e. The Morgan fingerprint density at radius 1 is 1.26 bits per heavy atom. The first-order chi connectivity index (χ1) is 9.19. The number of hydrogen-bond donors (Lipinski definition) is 2. The molecule has 0 spiro atoms. The lowest BCUT2D eigenvalue weighted by Crippen LogP contribution is -2.32. The van der Waals surface area contributed by atoms with Gasteiger partial charge in [-0.3, -0.25) is 4.79 Å². The lowest BCUT2D eigenvalue weighted by atomic mass is 9.99. The smallest absolute Gasteiger partial charge is 0.238 e. The number of carbonyl (C=O) groups is 1. The summed E-state index contributed by atoms with van der Waals surface area (Å²) in [5.41, 5.74) is 2.10. The summed E-state index contributed by atoms with van der Waals surface area (Å²) in [6, 6.07) is 8.12. The first kappa shape index (κ1) is 13.9. The predicted octanol–water partition coefficient (Wildman–Crippen LogP) is 2.08. The highest BCUT2D eigenvalue weighted by Crippen LogP contribution is 2.24. The zero-order valence-corrected chi connectivity index (χ0v) is 11.8. The molecule has 1 fully saturated rings. The molecule has 19 heavy (non-hydrogen) atoms. The van der Waals surface area contributed by atoms with Gasteiger partial charge in [-0.15, -0.1) is 0 Å². The Morgan fingerprint density at radius 3 is 2.47 bits per heavy atom. The lowest BCUT2D eigenvalue weighted by molar-refractivity contribution is -0.115. The minimum absolute atomic E-state index is 0.0120. The van der Waals surface area contributed by atoms with E-state index in [-0.39, 0.29) is 5.91 Å². The fourth-order valence-corrected chi connectivity index (χ4v) is 2.39. The van der Waals surface area contributed by atoms with Crippen LogP contribution in [0, 0.1) is 5.92 Å². The second-order valence-electron chi connectivity index (χ2n) is 5.29. The highest BCUT2D eigenvalue weighted by atomic mass is 16.1. The Morgan fingerprint density at radius 2 is 1.89 bits per heavy atom. The molecule has 1 aliphatic heterocycles. The molecule has 0 aliphatic carbocycles. The molecule has 4 heteroatoms.